The fraction of sp³-hybridized carbons (Fsp3) is 0.800. The molecule has 2 unspecified atom stereocenters. The molecule has 1 saturated heterocycles. The van der Waals surface area contributed by atoms with Gasteiger partial charge in [0.2, 0.25) is 0 Å². The van der Waals surface area contributed by atoms with Crippen molar-refractivity contribution in [2.24, 2.45) is 11.8 Å². The molecule has 5 nitrogen and oxygen atoms in total. The number of nitrogens with one attached hydrogen (secondary N) is 1. The van der Waals surface area contributed by atoms with Gasteiger partial charge in [0, 0.05) is 13.5 Å². The third kappa shape index (κ3) is 5.85. The Balaban J connectivity index is 0.000000631. The molecule has 0 spiro atoms. The zero-order chi connectivity index (χ0) is 14.3. The minimum atomic E-state index is -4.32. The van der Waals surface area contributed by atoms with Crippen LogP contribution in [0, 0.1) is 11.8 Å². The molecule has 1 aliphatic heterocycles. The SMILES string of the molecule is CC(=O)O.COC(=O)C1CNCCC1C(F)(F)F. The second kappa shape index (κ2) is 7.20. The summed E-state index contributed by atoms with van der Waals surface area (Å²) in [4.78, 5) is 20.1. The number of ether oxygens (including phenoxy) is 1. The number of carboxylic acid groups (broad SMARTS) is 1. The molecule has 0 aromatic rings. The fourth-order valence-corrected chi connectivity index (χ4v) is 1.65. The van der Waals surface area contributed by atoms with E-state index in [1.165, 1.54) is 0 Å². The van der Waals surface area contributed by atoms with Gasteiger partial charge < -0.3 is 15.2 Å². The highest BCUT2D eigenvalue weighted by Crippen LogP contribution is 2.36. The molecular formula is C10H16F3NO4. The van der Waals surface area contributed by atoms with Gasteiger partial charge in [-0.2, -0.15) is 13.2 Å². The number of halogens is 3. The van der Waals surface area contributed by atoms with E-state index < -0.39 is 30.0 Å². The molecule has 0 amide bonds. The Labute approximate surface area is 102 Å². The van der Waals surface area contributed by atoms with Gasteiger partial charge in [-0.15, -0.1) is 0 Å². The van der Waals surface area contributed by atoms with Gasteiger partial charge in [-0.25, -0.2) is 0 Å². The molecule has 0 saturated carbocycles. The third-order valence-corrected chi connectivity index (χ3v) is 2.41. The van der Waals surface area contributed by atoms with Crippen LogP contribution in [-0.4, -0.2) is 43.4 Å². The first-order chi connectivity index (χ1) is 8.20. The summed E-state index contributed by atoms with van der Waals surface area (Å²) in [6.45, 7) is 1.41. The van der Waals surface area contributed by atoms with Crippen LogP contribution in [0.5, 0.6) is 0 Å². The zero-order valence-corrected chi connectivity index (χ0v) is 10.1. The van der Waals surface area contributed by atoms with Gasteiger partial charge in [-0.1, -0.05) is 0 Å². The maximum Gasteiger partial charge on any atom is 0.392 e. The lowest BCUT2D eigenvalue weighted by Gasteiger charge is -2.31. The van der Waals surface area contributed by atoms with Gasteiger partial charge in [0.15, 0.2) is 0 Å². The number of alkyl halides is 3. The van der Waals surface area contributed by atoms with Crippen LogP contribution in [-0.2, 0) is 14.3 Å². The highest BCUT2D eigenvalue weighted by Gasteiger charge is 2.48. The molecule has 0 radical (unpaired) electrons. The first-order valence-electron chi connectivity index (χ1n) is 5.25. The summed E-state index contributed by atoms with van der Waals surface area (Å²) < 4.78 is 41.7. The molecule has 8 heteroatoms. The number of methoxy groups -OCH3 is 1. The Kier molecular flexibility index (Phi) is 6.67. The lowest BCUT2D eigenvalue weighted by Crippen LogP contribution is -2.47. The maximum atomic E-state index is 12.5. The largest absolute Gasteiger partial charge is 0.481 e. The van der Waals surface area contributed by atoms with Crippen LogP contribution in [0.1, 0.15) is 13.3 Å². The van der Waals surface area contributed by atoms with E-state index in [-0.39, 0.29) is 19.5 Å². The first-order valence-corrected chi connectivity index (χ1v) is 5.25. The van der Waals surface area contributed by atoms with Crippen LogP contribution in [0.4, 0.5) is 13.2 Å². The van der Waals surface area contributed by atoms with Crippen molar-refractivity contribution in [1.82, 2.24) is 5.32 Å². The average molecular weight is 271 g/mol. The van der Waals surface area contributed by atoms with Crippen molar-refractivity contribution in [3.8, 4) is 0 Å². The number of aliphatic carboxylic acids is 1. The number of esters is 1. The van der Waals surface area contributed by atoms with Gasteiger partial charge in [0.05, 0.1) is 18.9 Å². The quantitative estimate of drug-likeness (QED) is 0.697. The summed E-state index contributed by atoms with van der Waals surface area (Å²) in [7, 11) is 1.10. The minimum absolute atomic E-state index is 0.0385. The van der Waals surface area contributed by atoms with E-state index in [2.05, 4.69) is 10.1 Å². The third-order valence-electron chi connectivity index (χ3n) is 2.41. The van der Waals surface area contributed by atoms with E-state index in [0.717, 1.165) is 14.0 Å². The smallest absolute Gasteiger partial charge is 0.392 e. The number of rotatable bonds is 1. The van der Waals surface area contributed by atoms with Crippen molar-refractivity contribution in [3.63, 3.8) is 0 Å². The summed E-state index contributed by atoms with van der Waals surface area (Å²) >= 11 is 0. The van der Waals surface area contributed by atoms with Crippen LogP contribution in [0.3, 0.4) is 0 Å². The first kappa shape index (κ1) is 16.7. The van der Waals surface area contributed by atoms with Crippen molar-refractivity contribution < 1.29 is 32.6 Å². The molecule has 2 N–H and O–H groups in total. The van der Waals surface area contributed by atoms with Crippen LogP contribution in [0.15, 0.2) is 0 Å². The van der Waals surface area contributed by atoms with Crippen LogP contribution in [0.2, 0.25) is 0 Å². The molecule has 106 valence electrons. The van der Waals surface area contributed by atoms with Gasteiger partial charge in [-0.3, -0.25) is 9.59 Å². The minimum Gasteiger partial charge on any atom is -0.481 e. The summed E-state index contributed by atoms with van der Waals surface area (Å²) in [5, 5.41) is 10.2. The molecule has 1 heterocycles. The fourth-order valence-electron chi connectivity index (χ4n) is 1.65. The lowest BCUT2D eigenvalue weighted by molar-refractivity contribution is -0.202. The topological polar surface area (TPSA) is 75.6 Å². The molecular weight excluding hydrogens is 255 g/mol. The van der Waals surface area contributed by atoms with Gasteiger partial charge >= 0.3 is 12.1 Å². The summed E-state index contributed by atoms with van der Waals surface area (Å²) in [5.41, 5.74) is 0. The number of carbonyl (C=O) groups excluding carboxylic acids is 1. The highest BCUT2D eigenvalue weighted by atomic mass is 19.4. The Morgan fingerprint density at radius 3 is 2.28 bits per heavy atom. The second-order valence-electron chi connectivity index (χ2n) is 3.79. The number of piperidine rings is 1. The predicted octanol–water partition coefficient (Wildman–Crippen LogP) is 1.04. The average Bonchev–Trinajstić information content (AvgIpc) is 2.26. The summed E-state index contributed by atoms with van der Waals surface area (Å²) in [5.74, 6) is -4.30. The molecule has 1 aliphatic rings. The Bertz CT molecular complexity index is 289. The second-order valence-corrected chi connectivity index (χ2v) is 3.79. The van der Waals surface area contributed by atoms with Gasteiger partial charge in [0.1, 0.15) is 0 Å². The van der Waals surface area contributed by atoms with E-state index in [0.29, 0.717) is 0 Å². The van der Waals surface area contributed by atoms with Crippen LogP contribution >= 0.6 is 0 Å². The van der Waals surface area contributed by atoms with E-state index in [1.54, 1.807) is 0 Å². The van der Waals surface area contributed by atoms with Crippen molar-refractivity contribution in [1.29, 1.82) is 0 Å². The lowest BCUT2D eigenvalue weighted by atomic mass is 9.86. The van der Waals surface area contributed by atoms with Crippen molar-refractivity contribution in [2.45, 2.75) is 19.5 Å². The zero-order valence-electron chi connectivity index (χ0n) is 10.1. The summed E-state index contributed by atoms with van der Waals surface area (Å²) in [6.07, 6.45) is -4.38. The molecule has 0 bridgehead atoms. The molecule has 1 rings (SSSR count). The van der Waals surface area contributed by atoms with E-state index in [1.807, 2.05) is 0 Å². The molecule has 1 fully saturated rings. The Hall–Kier alpha value is -1.31. The van der Waals surface area contributed by atoms with Crippen molar-refractivity contribution >= 4 is 11.9 Å². The predicted molar refractivity (Wildman–Crippen MR) is 55.8 cm³/mol. The van der Waals surface area contributed by atoms with E-state index in [4.69, 9.17) is 9.90 Å². The molecule has 18 heavy (non-hydrogen) atoms. The standard InChI is InChI=1S/C8H12F3NO2.C2H4O2/c1-14-7(13)5-4-12-3-2-6(5)8(9,10)11;1-2(3)4/h5-6,12H,2-4H2,1H3;1H3,(H,3,4). The van der Waals surface area contributed by atoms with Crippen LogP contribution in [0.25, 0.3) is 0 Å². The summed E-state index contributed by atoms with van der Waals surface area (Å²) in [6, 6.07) is 0. The number of carbonyl (C=O) groups is 2. The Morgan fingerprint density at radius 1 is 1.39 bits per heavy atom. The highest BCUT2D eigenvalue weighted by molar-refractivity contribution is 5.73. The van der Waals surface area contributed by atoms with Gasteiger partial charge in [-0.05, 0) is 13.0 Å². The van der Waals surface area contributed by atoms with Crippen molar-refractivity contribution in [2.75, 3.05) is 20.2 Å². The van der Waals surface area contributed by atoms with E-state index in [9.17, 15) is 18.0 Å². The monoisotopic (exact) mass is 271 g/mol. The number of hydrogen-bond donors (Lipinski definition) is 2. The molecule has 0 aromatic heterocycles. The molecule has 2 atom stereocenters. The normalized spacial score (nSPS) is 23.6. The Morgan fingerprint density at radius 2 is 1.89 bits per heavy atom. The van der Waals surface area contributed by atoms with Crippen molar-refractivity contribution in [3.05, 3.63) is 0 Å². The maximum absolute atomic E-state index is 12.5. The van der Waals surface area contributed by atoms with Crippen LogP contribution < -0.4 is 5.32 Å². The number of carboxylic acids is 1. The molecule has 0 aliphatic carbocycles. The number of hydrogen-bond acceptors (Lipinski definition) is 4. The molecule has 0 aromatic carbocycles. The van der Waals surface area contributed by atoms with Gasteiger partial charge in [0.25, 0.3) is 5.97 Å². The van der Waals surface area contributed by atoms with E-state index >= 15 is 0 Å².